The molecular weight excluding hydrogens is 162 g/mol. The van der Waals surface area contributed by atoms with Crippen LogP contribution in [0.15, 0.2) is 0 Å². The van der Waals surface area contributed by atoms with Gasteiger partial charge in [0.2, 0.25) is 0 Å². The Kier molecular flexibility index (Phi) is 3.42. The number of ether oxygens (including phenoxy) is 2. The second-order valence-electron chi connectivity index (χ2n) is 2.93. The Morgan fingerprint density at radius 3 is 2.83 bits per heavy atom. The van der Waals surface area contributed by atoms with Gasteiger partial charge in [-0.05, 0) is 6.42 Å². The summed E-state index contributed by atoms with van der Waals surface area (Å²) in [6, 6.07) is -0.323. The SMILES string of the molecule is COC1OC(CO)C(N)CC1O. The van der Waals surface area contributed by atoms with Gasteiger partial charge >= 0.3 is 0 Å². The van der Waals surface area contributed by atoms with Crippen LogP contribution in [-0.4, -0.2) is 48.5 Å². The normalized spacial score (nSPS) is 43.0. The van der Waals surface area contributed by atoms with Crippen LogP contribution in [0, 0.1) is 0 Å². The number of hydrogen-bond donors (Lipinski definition) is 3. The van der Waals surface area contributed by atoms with Gasteiger partial charge in [0, 0.05) is 13.2 Å². The third-order valence-corrected chi connectivity index (χ3v) is 2.03. The Hall–Kier alpha value is -0.200. The molecule has 1 saturated heterocycles. The van der Waals surface area contributed by atoms with E-state index in [0.29, 0.717) is 6.42 Å². The average Bonchev–Trinajstić information content (AvgIpc) is 2.05. The molecule has 4 atom stereocenters. The molecule has 0 aliphatic carbocycles. The van der Waals surface area contributed by atoms with Gasteiger partial charge < -0.3 is 25.4 Å². The van der Waals surface area contributed by atoms with Crippen molar-refractivity contribution in [1.29, 1.82) is 0 Å². The van der Waals surface area contributed by atoms with Crippen LogP contribution in [0.25, 0.3) is 0 Å². The van der Waals surface area contributed by atoms with Gasteiger partial charge in [-0.25, -0.2) is 0 Å². The molecule has 0 aromatic heterocycles. The number of methoxy groups -OCH3 is 1. The highest BCUT2D eigenvalue weighted by Gasteiger charge is 2.34. The van der Waals surface area contributed by atoms with E-state index in [1.165, 1.54) is 7.11 Å². The van der Waals surface area contributed by atoms with Crippen molar-refractivity contribution < 1.29 is 19.7 Å². The van der Waals surface area contributed by atoms with Crippen molar-refractivity contribution in [3.05, 3.63) is 0 Å². The van der Waals surface area contributed by atoms with E-state index < -0.39 is 18.5 Å². The first-order valence-electron chi connectivity index (χ1n) is 3.91. The van der Waals surface area contributed by atoms with Crippen molar-refractivity contribution in [2.24, 2.45) is 5.73 Å². The average molecular weight is 177 g/mol. The minimum atomic E-state index is -0.701. The van der Waals surface area contributed by atoms with Gasteiger partial charge in [0.15, 0.2) is 6.29 Å². The molecule has 4 N–H and O–H groups in total. The van der Waals surface area contributed by atoms with Crippen LogP contribution in [-0.2, 0) is 9.47 Å². The standard InChI is InChI=1S/C7H15NO4/c1-11-7-5(10)2-4(8)6(3-9)12-7/h4-7,9-10H,2-3,8H2,1H3. The Morgan fingerprint density at radius 1 is 1.67 bits per heavy atom. The lowest BCUT2D eigenvalue weighted by Crippen LogP contribution is -2.53. The Balaban J connectivity index is 2.50. The van der Waals surface area contributed by atoms with E-state index in [2.05, 4.69) is 0 Å². The van der Waals surface area contributed by atoms with E-state index in [0.717, 1.165) is 0 Å². The summed E-state index contributed by atoms with van der Waals surface area (Å²) in [5.74, 6) is 0. The molecule has 5 heteroatoms. The zero-order valence-corrected chi connectivity index (χ0v) is 7.01. The predicted molar refractivity (Wildman–Crippen MR) is 41.4 cm³/mol. The van der Waals surface area contributed by atoms with Crippen LogP contribution in [0.1, 0.15) is 6.42 Å². The molecule has 1 heterocycles. The van der Waals surface area contributed by atoms with Crippen molar-refractivity contribution in [3.63, 3.8) is 0 Å². The van der Waals surface area contributed by atoms with Gasteiger partial charge in [0.1, 0.15) is 6.10 Å². The highest BCUT2D eigenvalue weighted by Crippen LogP contribution is 2.18. The van der Waals surface area contributed by atoms with Gasteiger partial charge in [-0.1, -0.05) is 0 Å². The summed E-state index contributed by atoms with van der Waals surface area (Å²) < 4.78 is 10.0. The Bertz CT molecular complexity index is 129. The van der Waals surface area contributed by atoms with E-state index >= 15 is 0 Å². The largest absolute Gasteiger partial charge is 0.394 e. The summed E-state index contributed by atoms with van der Waals surface area (Å²) in [7, 11) is 1.44. The summed E-state index contributed by atoms with van der Waals surface area (Å²) in [5.41, 5.74) is 5.60. The van der Waals surface area contributed by atoms with Crippen molar-refractivity contribution in [1.82, 2.24) is 0 Å². The zero-order chi connectivity index (χ0) is 9.14. The third-order valence-electron chi connectivity index (χ3n) is 2.03. The quantitative estimate of drug-likeness (QED) is 0.474. The molecule has 0 radical (unpaired) electrons. The van der Waals surface area contributed by atoms with Crippen molar-refractivity contribution in [2.45, 2.75) is 31.0 Å². The van der Waals surface area contributed by atoms with Gasteiger partial charge in [0.25, 0.3) is 0 Å². The van der Waals surface area contributed by atoms with Crippen molar-refractivity contribution >= 4 is 0 Å². The first kappa shape index (κ1) is 9.88. The number of rotatable bonds is 2. The van der Waals surface area contributed by atoms with E-state index in [9.17, 15) is 5.11 Å². The number of aliphatic hydroxyl groups excluding tert-OH is 2. The van der Waals surface area contributed by atoms with Crippen LogP contribution >= 0.6 is 0 Å². The second kappa shape index (κ2) is 4.15. The smallest absolute Gasteiger partial charge is 0.183 e. The zero-order valence-electron chi connectivity index (χ0n) is 7.01. The number of hydrogen-bond acceptors (Lipinski definition) is 5. The molecule has 4 unspecified atom stereocenters. The molecule has 0 aromatic carbocycles. The highest BCUT2D eigenvalue weighted by molar-refractivity contribution is 4.83. The lowest BCUT2D eigenvalue weighted by atomic mass is 10.0. The van der Waals surface area contributed by atoms with Gasteiger partial charge in [-0.3, -0.25) is 0 Å². The minimum absolute atomic E-state index is 0.145. The van der Waals surface area contributed by atoms with Crippen molar-refractivity contribution in [3.8, 4) is 0 Å². The van der Waals surface area contributed by atoms with Gasteiger partial charge in [-0.2, -0.15) is 0 Å². The number of nitrogens with two attached hydrogens (primary N) is 1. The fourth-order valence-corrected chi connectivity index (χ4v) is 1.30. The third kappa shape index (κ3) is 1.94. The molecule has 1 fully saturated rings. The maximum Gasteiger partial charge on any atom is 0.183 e. The minimum Gasteiger partial charge on any atom is -0.394 e. The van der Waals surface area contributed by atoms with E-state index in [4.69, 9.17) is 20.3 Å². The predicted octanol–water partition coefficient (Wildman–Crippen LogP) is -1.57. The van der Waals surface area contributed by atoms with E-state index in [1.54, 1.807) is 0 Å². The Morgan fingerprint density at radius 2 is 2.33 bits per heavy atom. The first-order chi connectivity index (χ1) is 5.69. The highest BCUT2D eigenvalue weighted by atomic mass is 16.7. The molecule has 0 saturated carbocycles. The van der Waals surface area contributed by atoms with Crippen LogP contribution in [0.5, 0.6) is 0 Å². The summed E-state index contributed by atoms with van der Waals surface area (Å²) in [6.45, 7) is -0.145. The summed E-state index contributed by atoms with van der Waals surface area (Å²) in [5, 5.41) is 18.2. The maximum atomic E-state index is 9.34. The summed E-state index contributed by atoms with van der Waals surface area (Å²) in [6.07, 6.45) is -1.41. The molecule has 0 spiro atoms. The fraction of sp³-hybridized carbons (Fsp3) is 1.00. The topological polar surface area (TPSA) is 84.9 Å². The second-order valence-corrected chi connectivity index (χ2v) is 2.93. The molecule has 1 aliphatic rings. The van der Waals surface area contributed by atoms with E-state index in [1.807, 2.05) is 0 Å². The van der Waals surface area contributed by atoms with Crippen LogP contribution < -0.4 is 5.73 Å². The summed E-state index contributed by atoms with van der Waals surface area (Å²) >= 11 is 0. The Labute approximate surface area is 71.1 Å². The maximum absolute atomic E-state index is 9.34. The monoisotopic (exact) mass is 177 g/mol. The molecule has 72 valence electrons. The summed E-state index contributed by atoms with van der Waals surface area (Å²) in [4.78, 5) is 0. The molecule has 0 bridgehead atoms. The fourth-order valence-electron chi connectivity index (χ4n) is 1.30. The molecule has 5 nitrogen and oxygen atoms in total. The molecule has 1 rings (SSSR count). The van der Waals surface area contributed by atoms with Crippen molar-refractivity contribution in [2.75, 3.05) is 13.7 Å². The lowest BCUT2D eigenvalue weighted by Gasteiger charge is -2.36. The molecule has 12 heavy (non-hydrogen) atoms. The molecular formula is C7H15NO4. The van der Waals surface area contributed by atoms with Crippen LogP contribution in [0.3, 0.4) is 0 Å². The molecule has 0 aromatic rings. The van der Waals surface area contributed by atoms with E-state index in [-0.39, 0.29) is 12.6 Å². The molecule has 0 amide bonds. The first-order valence-corrected chi connectivity index (χ1v) is 3.91. The number of aliphatic hydroxyl groups is 2. The lowest BCUT2D eigenvalue weighted by molar-refractivity contribution is -0.239. The van der Waals surface area contributed by atoms with Crippen LogP contribution in [0.2, 0.25) is 0 Å². The van der Waals surface area contributed by atoms with Gasteiger partial charge in [-0.15, -0.1) is 0 Å². The molecule has 1 aliphatic heterocycles. The van der Waals surface area contributed by atoms with Crippen LogP contribution in [0.4, 0.5) is 0 Å². The van der Waals surface area contributed by atoms with Gasteiger partial charge in [0.05, 0.1) is 12.7 Å².